The van der Waals surface area contributed by atoms with Crippen LogP contribution in [0.5, 0.6) is 5.75 Å². The molecule has 2 atom stereocenters. The fourth-order valence-electron chi connectivity index (χ4n) is 3.17. The standard InChI is InChI=1S/C17H26N2O2.ClH/c1-13(15-8-4-5-9-16(15)21-3)11-17(20)19-10-6-7-14(19)12-18-2;/h4-5,8-9,13-14,18H,6-7,10-12H2,1-3H3;1H. The van der Waals surface area contributed by atoms with Crippen molar-refractivity contribution < 1.29 is 9.53 Å². The van der Waals surface area contributed by atoms with Crippen LogP contribution in [0.2, 0.25) is 0 Å². The number of methoxy groups -OCH3 is 1. The number of carbonyl (C=O) groups excluding carboxylic acids is 1. The molecule has 5 heteroatoms. The second-order valence-corrected chi connectivity index (χ2v) is 5.79. The zero-order valence-corrected chi connectivity index (χ0v) is 14.5. The van der Waals surface area contributed by atoms with E-state index in [1.807, 2.05) is 36.2 Å². The zero-order chi connectivity index (χ0) is 15.2. The number of nitrogens with zero attached hydrogens (tertiary/aromatic N) is 1. The van der Waals surface area contributed by atoms with E-state index in [0.29, 0.717) is 12.5 Å². The number of ether oxygens (including phenoxy) is 1. The Bertz CT molecular complexity index is 481. The third-order valence-electron chi connectivity index (χ3n) is 4.29. The van der Waals surface area contributed by atoms with Crippen LogP contribution in [-0.4, -0.2) is 44.1 Å². The Hall–Kier alpha value is -1.26. The minimum Gasteiger partial charge on any atom is -0.496 e. The van der Waals surface area contributed by atoms with E-state index in [1.54, 1.807) is 7.11 Å². The second-order valence-electron chi connectivity index (χ2n) is 5.79. The van der Waals surface area contributed by atoms with E-state index in [4.69, 9.17) is 4.74 Å². The summed E-state index contributed by atoms with van der Waals surface area (Å²) in [5.41, 5.74) is 1.11. The summed E-state index contributed by atoms with van der Waals surface area (Å²) in [6.07, 6.45) is 2.76. The van der Waals surface area contributed by atoms with Crippen LogP contribution in [-0.2, 0) is 4.79 Å². The Morgan fingerprint density at radius 2 is 2.18 bits per heavy atom. The van der Waals surface area contributed by atoms with Crippen LogP contribution in [0.3, 0.4) is 0 Å². The summed E-state index contributed by atoms with van der Waals surface area (Å²) in [6.45, 7) is 3.87. The fourth-order valence-corrected chi connectivity index (χ4v) is 3.17. The zero-order valence-electron chi connectivity index (χ0n) is 13.7. The van der Waals surface area contributed by atoms with Gasteiger partial charge in [-0.15, -0.1) is 12.4 Å². The van der Waals surface area contributed by atoms with Gasteiger partial charge in [0.05, 0.1) is 7.11 Å². The van der Waals surface area contributed by atoms with Gasteiger partial charge in [-0.05, 0) is 37.4 Å². The summed E-state index contributed by atoms with van der Waals surface area (Å²) < 4.78 is 5.40. The highest BCUT2D eigenvalue weighted by Gasteiger charge is 2.29. The van der Waals surface area contributed by atoms with Crippen LogP contribution in [0.15, 0.2) is 24.3 Å². The van der Waals surface area contributed by atoms with Gasteiger partial charge in [-0.25, -0.2) is 0 Å². The van der Waals surface area contributed by atoms with Crippen LogP contribution in [0, 0.1) is 0 Å². The number of likely N-dealkylation sites (N-methyl/N-ethyl adjacent to an activating group) is 1. The number of hydrogen-bond donors (Lipinski definition) is 1. The number of para-hydroxylation sites is 1. The molecule has 124 valence electrons. The van der Waals surface area contributed by atoms with E-state index < -0.39 is 0 Å². The Labute approximate surface area is 139 Å². The van der Waals surface area contributed by atoms with Crippen molar-refractivity contribution in [1.82, 2.24) is 10.2 Å². The van der Waals surface area contributed by atoms with Crippen LogP contribution in [0.4, 0.5) is 0 Å². The number of hydrogen-bond acceptors (Lipinski definition) is 3. The first-order valence-corrected chi connectivity index (χ1v) is 7.74. The maximum Gasteiger partial charge on any atom is 0.223 e. The van der Waals surface area contributed by atoms with Gasteiger partial charge in [0.2, 0.25) is 5.91 Å². The van der Waals surface area contributed by atoms with Gasteiger partial charge < -0.3 is 15.0 Å². The molecule has 22 heavy (non-hydrogen) atoms. The molecule has 0 radical (unpaired) electrons. The lowest BCUT2D eigenvalue weighted by molar-refractivity contribution is -0.132. The van der Waals surface area contributed by atoms with E-state index in [2.05, 4.69) is 12.2 Å². The molecule has 1 heterocycles. The highest BCUT2D eigenvalue weighted by Crippen LogP contribution is 2.30. The molecule has 2 unspecified atom stereocenters. The maximum absolute atomic E-state index is 12.6. The summed E-state index contributed by atoms with van der Waals surface area (Å²) >= 11 is 0. The van der Waals surface area contributed by atoms with Crippen LogP contribution >= 0.6 is 12.4 Å². The number of rotatable bonds is 6. The largest absolute Gasteiger partial charge is 0.496 e. The summed E-state index contributed by atoms with van der Waals surface area (Å²) in [4.78, 5) is 14.6. The van der Waals surface area contributed by atoms with Crippen LogP contribution in [0.1, 0.15) is 37.7 Å². The van der Waals surface area contributed by atoms with Crippen molar-refractivity contribution in [2.45, 2.75) is 38.1 Å². The maximum atomic E-state index is 12.6. The van der Waals surface area contributed by atoms with Crippen molar-refractivity contribution in [3.05, 3.63) is 29.8 Å². The molecule has 1 aliphatic rings. The van der Waals surface area contributed by atoms with Gasteiger partial charge in [-0.2, -0.15) is 0 Å². The molecule has 1 saturated heterocycles. The van der Waals surface area contributed by atoms with Crippen molar-refractivity contribution in [2.75, 3.05) is 27.2 Å². The molecule has 1 amide bonds. The van der Waals surface area contributed by atoms with E-state index in [0.717, 1.165) is 37.2 Å². The van der Waals surface area contributed by atoms with Gasteiger partial charge in [-0.3, -0.25) is 4.79 Å². The summed E-state index contributed by atoms with van der Waals surface area (Å²) in [5.74, 6) is 1.29. The summed E-state index contributed by atoms with van der Waals surface area (Å²) in [5, 5.41) is 3.18. The Morgan fingerprint density at radius 1 is 1.45 bits per heavy atom. The molecule has 1 N–H and O–H groups in total. The van der Waals surface area contributed by atoms with Crippen LogP contribution in [0.25, 0.3) is 0 Å². The van der Waals surface area contributed by atoms with Gasteiger partial charge in [0, 0.05) is 25.6 Å². The first-order chi connectivity index (χ1) is 10.2. The topological polar surface area (TPSA) is 41.6 Å². The number of nitrogens with one attached hydrogen (secondary N) is 1. The lowest BCUT2D eigenvalue weighted by Crippen LogP contribution is -2.41. The predicted octanol–water partition coefficient (Wildman–Crippen LogP) is 2.82. The summed E-state index contributed by atoms with van der Waals surface area (Å²) in [7, 11) is 3.62. The first-order valence-electron chi connectivity index (χ1n) is 7.74. The van der Waals surface area contributed by atoms with Gasteiger partial charge in [-0.1, -0.05) is 25.1 Å². The Balaban J connectivity index is 0.00000242. The molecule has 0 bridgehead atoms. The minimum absolute atomic E-state index is 0. The van der Waals surface area contributed by atoms with Crippen molar-refractivity contribution in [2.24, 2.45) is 0 Å². The molecule has 0 aliphatic carbocycles. The SMILES string of the molecule is CNCC1CCCN1C(=O)CC(C)c1ccccc1OC.Cl. The van der Waals surface area contributed by atoms with E-state index in [-0.39, 0.29) is 24.2 Å². The van der Waals surface area contributed by atoms with Crippen LogP contribution < -0.4 is 10.1 Å². The smallest absolute Gasteiger partial charge is 0.223 e. The Morgan fingerprint density at radius 3 is 2.86 bits per heavy atom. The number of benzene rings is 1. The molecule has 1 aromatic carbocycles. The van der Waals surface area contributed by atoms with Gasteiger partial charge in [0.1, 0.15) is 5.75 Å². The van der Waals surface area contributed by atoms with Crippen molar-refractivity contribution in [3.8, 4) is 5.75 Å². The van der Waals surface area contributed by atoms with Gasteiger partial charge in [0.15, 0.2) is 0 Å². The quantitative estimate of drug-likeness (QED) is 0.874. The molecule has 0 aromatic heterocycles. The minimum atomic E-state index is 0. The molecule has 0 saturated carbocycles. The number of amides is 1. The number of likely N-dealkylation sites (tertiary alicyclic amines) is 1. The summed E-state index contributed by atoms with van der Waals surface area (Å²) in [6, 6.07) is 8.31. The lowest BCUT2D eigenvalue weighted by atomic mass is 9.96. The molecule has 1 aliphatic heterocycles. The second kappa shape index (κ2) is 9.01. The first kappa shape index (κ1) is 18.8. The van der Waals surface area contributed by atoms with Gasteiger partial charge in [0.25, 0.3) is 0 Å². The van der Waals surface area contributed by atoms with Crippen molar-refractivity contribution >= 4 is 18.3 Å². The third-order valence-corrected chi connectivity index (χ3v) is 4.29. The predicted molar refractivity (Wildman–Crippen MR) is 91.9 cm³/mol. The van der Waals surface area contributed by atoms with Gasteiger partial charge >= 0.3 is 0 Å². The molecular formula is C17H27ClN2O2. The average Bonchev–Trinajstić information content (AvgIpc) is 2.96. The molecule has 1 fully saturated rings. The number of halogens is 1. The van der Waals surface area contributed by atoms with Crippen molar-refractivity contribution in [3.63, 3.8) is 0 Å². The molecule has 4 nitrogen and oxygen atoms in total. The monoisotopic (exact) mass is 326 g/mol. The molecular weight excluding hydrogens is 300 g/mol. The van der Waals surface area contributed by atoms with E-state index >= 15 is 0 Å². The highest BCUT2D eigenvalue weighted by molar-refractivity contribution is 5.85. The third kappa shape index (κ3) is 4.37. The molecule has 2 rings (SSSR count). The highest BCUT2D eigenvalue weighted by atomic mass is 35.5. The van der Waals surface area contributed by atoms with E-state index in [9.17, 15) is 4.79 Å². The average molecular weight is 327 g/mol. The molecule has 0 spiro atoms. The normalized spacial score (nSPS) is 18.7. The molecule has 1 aromatic rings. The number of carbonyl (C=O) groups is 1. The van der Waals surface area contributed by atoms with Crippen molar-refractivity contribution in [1.29, 1.82) is 0 Å². The Kier molecular flexibility index (Phi) is 7.69. The fraction of sp³-hybridized carbons (Fsp3) is 0.588. The lowest BCUT2D eigenvalue weighted by Gasteiger charge is -2.26. The van der Waals surface area contributed by atoms with E-state index in [1.165, 1.54) is 0 Å².